The van der Waals surface area contributed by atoms with Crippen LogP contribution in [0.3, 0.4) is 0 Å². The van der Waals surface area contributed by atoms with Gasteiger partial charge >= 0.3 is 6.03 Å². The minimum absolute atomic E-state index is 0.00186. The van der Waals surface area contributed by atoms with Gasteiger partial charge in [-0.2, -0.15) is 11.8 Å². The molecular formula is C16H24N2O2S. The van der Waals surface area contributed by atoms with Gasteiger partial charge in [-0.1, -0.05) is 30.3 Å². The van der Waals surface area contributed by atoms with Gasteiger partial charge in [0.05, 0.1) is 13.2 Å². The van der Waals surface area contributed by atoms with E-state index in [0.717, 1.165) is 11.3 Å². The lowest BCUT2D eigenvalue weighted by Gasteiger charge is -2.41. The topological polar surface area (TPSA) is 41.6 Å². The molecule has 0 spiro atoms. The SMILES string of the molecule is CSC[C@H](C)NC(=O)N1CCO[C@@](C)(c2ccccc2)C1. The Bertz CT molecular complexity index is 469. The van der Waals surface area contributed by atoms with Crippen molar-refractivity contribution < 1.29 is 9.53 Å². The Hall–Kier alpha value is -1.20. The average molecular weight is 308 g/mol. The smallest absolute Gasteiger partial charge is 0.317 e. The number of nitrogens with zero attached hydrogens (tertiary/aromatic N) is 1. The predicted octanol–water partition coefficient (Wildman–Crippen LogP) is 2.70. The number of urea groups is 1. The van der Waals surface area contributed by atoms with Crippen molar-refractivity contribution in [2.75, 3.05) is 31.7 Å². The molecule has 21 heavy (non-hydrogen) atoms. The van der Waals surface area contributed by atoms with Crippen molar-refractivity contribution in [2.24, 2.45) is 0 Å². The monoisotopic (exact) mass is 308 g/mol. The van der Waals surface area contributed by atoms with Crippen LogP contribution in [-0.2, 0) is 10.3 Å². The lowest BCUT2D eigenvalue weighted by molar-refractivity contribution is -0.0907. The second-order valence-corrected chi connectivity index (χ2v) is 6.58. The Morgan fingerprint density at radius 2 is 2.19 bits per heavy atom. The number of nitrogens with one attached hydrogen (secondary N) is 1. The summed E-state index contributed by atoms with van der Waals surface area (Å²) in [6.07, 6.45) is 2.05. The van der Waals surface area contributed by atoms with Crippen molar-refractivity contribution in [3.05, 3.63) is 35.9 Å². The van der Waals surface area contributed by atoms with Gasteiger partial charge in [-0.3, -0.25) is 0 Å². The molecule has 2 amide bonds. The molecule has 1 aliphatic heterocycles. The Morgan fingerprint density at radius 1 is 1.48 bits per heavy atom. The number of amides is 2. The fraction of sp³-hybridized carbons (Fsp3) is 0.562. The van der Waals surface area contributed by atoms with Gasteiger partial charge in [0, 0.05) is 18.3 Å². The third-order valence-electron chi connectivity index (χ3n) is 3.73. The molecule has 4 nitrogen and oxygen atoms in total. The van der Waals surface area contributed by atoms with Crippen molar-refractivity contribution in [2.45, 2.75) is 25.5 Å². The molecule has 0 aliphatic carbocycles. The van der Waals surface area contributed by atoms with Gasteiger partial charge in [-0.05, 0) is 25.7 Å². The largest absolute Gasteiger partial charge is 0.367 e. The van der Waals surface area contributed by atoms with Gasteiger partial charge in [-0.25, -0.2) is 4.79 Å². The van der Waals surface area contributed by atoms with Gasteiger partial charge < -0.3 is 15.0 Å². The molecule has 0 saturated carbocycles. The molecule has 1 heterocycles. The summed E-state index contributed by atoms with van der Waals surface area (Å²) in [5.41, 5.74) is 0.680. The number of thioether (sulfide) groups is 1. The fourth-order valence-electron chi connectivity index (χ4n) is 2.60. The molecule has 1 fully saturated rings. The minimum Gasteiger partial charge on any atom is -0.367 e. The lowest BCUT2D eigenvalue weighted by atomic mass is 9.94. The lowest BCUT2D eigenvalue weighted by Crippen LogP contribution is -2.54. The number of carbonyl (C=O) groups is 1. The first kappa shape index (κ1) is 16.2. The normalized spacial score (nSPS) is 23.7. The summed E-state index contributed by atoms with van der Waals surface area (Å²) in [4.78, 5) is 14.2. The summed E-state index contributed by atoms with van der Waals surface area (Å²) in [5.74, 6) is 0.923. The third kappa shape index (κ3) is 4.14. The van der Waals surface area contributed by atoms with Crippen LogP contribution in [0.15, 0.2) is 30.3 Å². The Balaban J connectivity index is 2.02. The highest BCUT2D eigenvalue weighted by atomic mass is 32.2. The van der Waals surface area contributed by atoms with Gasteiger partial charge in [0.1, 0.15) is 5.60 Å². The number of benzene rings is 1. The van der Waals surface area contributed by atoms with E-state index in [2.05, 4.69) is 17.4 Å². The summed E-state index contributed by atoms with van der Waals surface area (Å²) < 4.78 is 5.96. The highest BCUT2D eigenvalue weighted by Gasteiger charge is 2.35. The van der Waals surface area contributed by atoms with E-state index in [1.165, 1.54) is 0 Å². The van der Waals surface area contributed by atoms with Crippen LogP contribution in [-0.4, -0.2) is 48.7 Å². The first-order valence-corrected chi connectivity index (χ1v) is 8.68. The van der Waals surface area contributed by atoms with Gasteiger partial charge in [0.25, 0.3) is 0 Å². The predicted molar refractivity (Wildman–Crippen MR) is 87.7 cm³/mol. The Kier molecular flexibility index (Phi) is 5.53. The fourth-order valence-corrected chi connectivity index (χ4v) is 3.19. The van der Waals surface area contributed by atoms with Crippen LogP contribution < -0.4 is 5.32 Å². The van der Waals surface area contributed by atoms with Crippen LogP contribution in [0, 0.1) is 0 Å². The number of hydrogen-bond donors (Lipinski definition) is 1. The molecule has 1 aromatic rings. The van der Waals surface area contributed by atoms with E-state index in [0.29, 0.717) is 19.7 Å². The number of rotatable bonds is 4. The van der Waals surface area contributed by atoms with E-state index in [1.807, 2.05) is 43.2 Å². The zero-order chi connectivity index (χ0) is 15.3. The van der Waals surface area contributed by atoms with Crippen LogP contribution in [0.25, 0.3) is 0 Å². The van der Waals surface area contributed by atoms with E-state index in [9.17, 15) is 4.79 Å². The summed E-state index contributed by atoms with van der Waals surface area (Å²) in [6.45, 7) is 5.86. The second-order valence-electron chi connectivity index (χ2n) is 5.67. The molecule has 0 bridgehead atoms. The molecule has 0 unspecified atom stereocenters. The van der Waals surface area contributed by atoms with E-state index in [1.54, 1.807) is 11.8 Å². The van der Waals surface area contributed by atoms with Crippen molar-refractivity contribution in [1.29, 1.82) is 0 Å². The van der Waals surface area contributed by atoms with E-state index in [4.69, 9.17) is 4.74 Å². The standard InChI is InChI=1S/C16H24N2O2S/c1-13(11-21-3)17-15(19)18-9-10-20-16(2,12-18)14-7-5-4-6-8-14/h4-8,13H,9-12H2,1-3H3,(H,17,19)/t13-,16+/m0/s1. The van der Waals surface area contributed by atoms with Gasteiger partial charge in [-0.15, -0.1) is 0 Å². The summed E-state index contributed by atoms with van der Waals surface area (Å²) in [7, 11) is 0. The molecule has 1 aromatic carbocycles. The van der Waals surface area contributed by atoms with Gasteiger partial charge in [0.2, 0.25) is 0 Å². The highest BCUT2D eigenvalue weighted by molar-refractivity contribution is 7.98. The van der Waals surface area contributed by atoms with Crippen molar-refractivity contribution >= 4 is 17.8 Å². The maximum absolute atomic E-state index is 12.4. The number of morpholine rings is 1. The second kappa shape index (κ2) is 7.18. The van der Waals surface area contributed by atoms with E-state index < -0.39 is 5.60 Å². The Morgan fingerprint density at radius 3 is 2.86 bits per heavy atom. The van der Waals surface area contributed by atoms with Crippen molar-refractivity contribution in [3.63, 3.8) is 0 Å². The number of ether oxygens (including phenoxy) is 1. The molecule has 2 rings (SSSR count). The molecule has 5 heteroatoms. The van der Waals surface area contributed by atoms with Crippen molar-refractivity contribution in [3.8, 4) is 0 Å². The van der Waals surface area contributed by atoms with Crippen LogP contribution in [0.2, 0.25) is 0 Å². The maximum atomic E-state index is 12.4. The van der Waals surface area contributed by atoms with Gasteiger partial charge in [0.15, 0.2) is 0 Å². The van der Waals surface area contributed by atoms with E-state index >= 15 is 0 Å². The van der Waals surface area contributed by atoms with Crippen LogP contribution in [0.4, 0.5) is 4.79 Å². The molecule has 2 atom stereocenters. The van der Waals surface area contributed by atoms with E-state index in [-0.39, 0.29) is 12.1 Å². The molecule has 0 radical (unpaired) electrons. The molecule has 116 valence electrons. The molecule has 1 aliphatic rings. The highest BCUT2D eigenvalue weighted by Crippen LogP contribution is 2.29. The van der Waals surface area contributed by atoms with Crippen LogP contribution in [0.1, 0.15) is 19.4 Å². The quantitative estimate of drug-likeness (QED) is 0.930. The van der Waals surface area contributed by atoms with Crippen LogP contribution in [0.5, 0.6) is 0 Å². The first-order valence-electron chi connectivity index (χ1n) is 7.29. The molecular weight excluding hydrogens is 284 g/mol. The minimum atomic E-state index is -0.431. The third-order valence-corrected chi connectivity index (χ3v) is 4.57. The maximum Gasteiger partial charge on any atom is 0.317 e. The van der Waals surface area contributed by atoms with Crippen LogP contribution >= 0.6 is 11.8 Å². The number of carbonyl (C=O) groups excluding carboxylic acids is 1. The number of hydrogen-bond acceptors (Lipinski definition) is 3. The summed E-state index contributed by atoms with van der Waals surface area (Å²) in [5, 5.41) is 3.05. The first-order chi connectivity index (χ1) is 10.0. The molecule has 0 aromatic heterocycles. The summed E-state index contributed by atoms with van der Waals surface area (Å²) >= 11 is 1.74. The molecule has 1 saturated heterocycles. The zero-order valence-corrected chi connectivity index (χ0v) is 13.8. The molecule has 1 N–H and O–H groups in total. The average Bonchev–Trinajstić information content (AvgIpc) is 2.48. The van der Waals surface area contributed by atoms with Crippen molar-refractivity contribution in [1.82, 2.24) is 10.2 Å². The Labute approximate surface area is 131 Å². The zero-order valence-electron chi connectivity index (χ0n) is 13.0. The summed E-state index contributed by atoms with van der Waals surface area (Å²) in [6, 6.07) is 10.3.